The summed E-state index contributed by atoms with van der Waals surface area (Å²) in [6.45, 7) is 2.02. The van der Waals surface area contributed by atoms with E-state index in [1.165, 1.54) is 11.8 Å². The van der Waals surface area contributed by atoms with Gasteiger partial charge < -0.3 is 0 Å². The lowest BCUT2D eigenvalue weighted by atomic mass is 10.2. The molecule has 1 rings (SSSR count). The van der Waals surface area contributed by atoms with Gasteiger partial charge in [0.1, 0.15) is 0 Å². The van der Waals surface area contributed by atoms with Crippen molar-refractivity contribution in [2.24, 2.45) is 0 Å². The summed E-state index contributed by atoms with van der Waals surface area (Å²) in [5, 5.41) is 0.791. The van der Waals surface area contributed by atoms with Crippen molar-refractivity contribution in [2.75, 3.05) is 5.75 Å². The predicted octanol–water partition coefficient (Wildman–Crippen LogP) is 4.28. The third kappa shape index (κ3) is 2.91. The quantitative estimate of drug-likeness (QED) is 0.795. The maximum atomic E-state index is 11.6. The van der Waals surface area contributed by atoms with E-state index in [1.54, 1.807) is 18.2 Å². The van der Waals surface area contributed by atoms with E-state index in [0.29, 0.717) is 15.6 Å². The molecule has 0 amide bonds. The second-order valence-electron chi connectivity index (χ2n) is 2.73. The first-order valence-electron chi connectivity index (χ1n) is 4.28. The van der Waals surface area contributed by atoms with Crippen molar-refractivity contribution in [2.45, 2.75) is 13.3 Å². The van der Waals surface area contributed by atoms with Crippen LogP contribution in [-0.2, 0) is 0 Å². The SMILES string of the molecule is CCCSC(=O)c1c(Cl)cccc1Cl. The highest BCUT2D eigenvalue weighted by molar-refractivity contribution is 8.14. The molecule has 0 atom stereocenters. The van der Waals surface area contributed by atoms with Crippen molar-refractivity contribution < 1.29 is 4.79 Å². The van der Waals surface area contributed by atoms with E-state index in [9.17, 15) is 4.79 Å². The molecule has 0 saturated heterocycles. The molecule has 0 fully saturated rings. The highest BCUT2D eigenvalue weighted by Gasteiger charge is 2.13. The van der Waals surface area contributed by atoms with Gasteiger partial charge in [0.25, 0.3) is 0 Å². The molecule has 76 valence electrons. The van der Waals surface area contributed by atoms with E-state index in [-0.39, 0.29) is 5.12 Å². The fourth-order valence-corrected chi connectivity index (χ4v) is 2.39. The van der Waals surface area contributed by atoms with Crippen LogP contribution in [0.3, 0.4) is 0 Å². The van der Waals surface area contributed by atoms with E-state index in [2.05, 4.69) is 0 Å². The molecular weight excluding hydrogens is 239 g/mol. The fraction of sp³-hybridized carbons (Fsp3) is 0.300. The number of hydrogen-bond acceptors (Lipinski definition) is 2. The molecule has 1 nitrogen and oxygen atoms in total. The van der Waals surface area contributed by atoms with Crippen LogP contribution in [0.15, 0.2) is 18.2 Å². The Hall–Kier alpha value is -0.180. The van der Waals surface area contributed by atoms with E-state index in [4.69, 9.17) is 23.2 Å². The topological polar surface area (TPSA) is 17.1 Å². The van der Waals surface area contributed by atoms with Gasteiger partial charge in [0.05, 0.1) is 15.6 Å². The zero-order valence-corrected chi connectivity index (χ0v) is 10.0. The first-order chi connectivity index (χ1) is 6.66. The molecular formula is C10H10Cl2OS. The first-order valence-corrected chi connectivity index (χ1v) is 6.02. The minimum absolute atomic E-state index is 0.0533. The van der Waals surface area contributed by atoms with Crippen molar-refractivity contribution >= 4 is 40.1 Å². The van der Waals surface area contributed by atoms with Gasteiger partial charge in [-0.25, -0.2) is 0 Å². The minimum atomic E-state index is -0.0533. The molecule has 0 unspecified atom stereocenters. The molecule has 4 heteroatoms. The molecule has 0 saturated carbocycles. The predicted molar refractivity (Wildman–Crippen MR) is 63.5 cm³/mol. The first kappa shape index (κ1) is 11.9. The van der Waals surface area contributed by atoms with Gasteiger partial charge in [-0.1, -0.05) is 48.0 Å². The number of carbonyl (C=O) groups is 1. The summed E-state index contributed by atoms with van der Waals surface area (Å²) in [5.41, 5.74) is 0.425. The maximum Gasteiger partial charge on any atom is 0.222 e. The standard InChI is InChI=1S/C10H10Cl2OS/c1-2-6-14-10(13)9-7(11)4-3-5-8(9)12/h3-5H,2,6H2,1H3. The third-order valence-corrected chi connectivity index (χ3v) is 3.31. The monoisotopic (exact) mass is 248 g/mol. The fourth-order valence-electron chi connectivity index (χ4n) is 0.960. The van der Waals surface area contributed by atoms with Crippen LogP contribution in [0, 0.1) is 0 Å². The minimum Gasteiger partial charge on any atom is -0.281 e. The Balaban J connectivity index is 2.89. The van der Waals surface area contributed by atoms with Crippen LogP contribution in [0.1, 0.15) is 23.7 Å². The van der Waals surface area contributed by atoms with Crippen LogP contribution in [0.5, 0.6) is 0 Å². The molecule has 0 heterocycles. The van der Waals surface area contributed by atoms with Crippen LogP contribution in [0.25, 0.3) is 0 Å². The van der Waals surface area contributed by atoms with Gasteiger partial charge in [0.15, 0.2) is 0 Å². The van der Waals surface area contributed by atoms with E-state index in [1.807, 2.05) is 6.92 Å². The second-order valence-corrected chi connectivity index (χ2v) is 4.61. The van der Waals surface area contributed by atoms with Gasteiger partial charge in [0.2, 0.25) is 5.12 Å². The van der Waals surface area contributed by atoms with E-state index < -0.39 is 0 Å². The zero-order chi connectivity index (χ0) is 10.6. The van der Waals surface area contributed by atoms with Crippen molar-refractivity contribution in [1.82, 2.24) is 0 Å². The van der Waals surface area contributed by atoms with Gasteiger partial charge in [-0.05, 0) is 18.6 Å². The normalized spacial score (nSPS) is 10.2. The molecule has 0 radical (unpaired) electrons. The Kier molecular flexibility index (Phi) is 4.79. The van der Waals surface area contributed by atoms with Crippen LogP contribution in [-0.4, -0.2) is 10.9 Å². The molecule has 0 bridgehead atoms. The van der Waals surface area contributed by atoms with Crippen molar-refractivity contribution in [3.8, 4) is 0 Å². The molecule has 1 aromatic carbocycles. The van der Waals surface area contributed by atoms with Gasteiger partial charge >= 0.3 is 0 Å². The summed E-state index contributed by atoms with van der Waals surface area (Å²) < 4.78 is 0. The number of rotatable bonds is 3. The van der Waals surface area contributed by atoms with Crippen LogP contribution >= 0.6 is 35.0 Å². The van der Waals surface area contributed by atoms with E-state index >= 15 is 0 Å². The summed E-state index contributed by atoms with van der Waals surface area (Å²) in [4.78, 5) is 11.6. The summed E-state index contributed by atoms with van der Waals surface area (Å²) in [6.07, 6.45) is 0.957. The summed E-state index contributed by atoms with van der Waals surface area (Å²) >= 11 is 13.0. The largest absolute Gasteiger partial charge is 0.281 e. The number of thioether (sulfide) groups is 1. The molecule has 0 aliphatic carbocycles. The number of hydrogen-bond donors (Lipinski definition) is 0. The van der Waals surface area contributed by atoms with Crippen LogP contribution in [0.4, 0.5) is 0 Å². The van der Waals surface area contributed by atoms with Gasteiger partial charge in [-0.3, -0.25) is 4.79 Å². The maximum absolute atomic E-state index is 11.6. The lowest BCUT2D eigenvalue weighted by Crippen LogP contribution is -1.97. The van der Waals surface area contributed by atoms with Crippen molar-refractivity contribution in [3.05, 3.63) is 33.8 Å². The highest BCUT2D eigenvalue weighted by Crippen LogP contribution is 2.28. The zero-order valence-electron chi connectivity index (χ0n) is 7.72. The summed E-state index contributed by atoms with van der Waals surface area (Å²) in [7, 11) is 0. The average molecular weight is 249 g/mol. The Morgan fingerprint density at radius 2 is 1.93 bits per heavy atom. The Morgan fingerprint density at radius 3 is 2.43 bits per heavy atom. The van der Waals surface area contributed by atoms with Gasteiger partial charge in [0, 0.05) is 5.75 Å². The van der Waals surface area contributed by atoms with Crippen molar-refractivity contribution in [3.63, 3.8) is 0 Å². The molecule has 0 aliphatic heterocycles. The molecule has 1 aromatic rings. The van der Waals surface area contributed by atoms with Gasteiger partial charge in [-0.2, -0.15) is 0 Å². The highest BCUT2D eigenvalue weighted by atomic mass is 35.5. The average Bonchev–Trinajstić information content (AvgIpc) is 2.14. The lowest BCUT2D eigenvalue weighted by molar-refractivity contribution is 0.108. The number of carbonyl (C=O) groups excluding carboxylic acids is 1. The molecule has 0 N–H and O–H groups in total. The molecule has 0 spiro atoms. The Morgan fingerprint density at radius 1 is 1.36 bits per heavy atom. The van der Waals surface area contributed by atoms with E-state index in [0.717, 1.165) is 12.2 Å². The lowest BCUT2D eigenvalue weighted by Gasteiger charge is -2.04. The summed E-state index contributed by atoms with van der Waals surface area (Å²) in [6, 6.07) is 5.08. The smallest absolute Gasteiger partial charge is 0.222 e. The number of halogens is 2. The third-order valence-electron chi connectivity index (χ3n) is 1.60. The van der Waals surface area contributed by atoms with Gasteiger partial charge in [-0.15, -0.1) is 0 Å². The Bertz CT molecular complexity index is 319. The van der Waals surface area contributed by atoms with Crippen LogP contribution in [0.2, 0.25) is 10.0 Å². The summed E-state index contributed by atoms with van der Waals surface area (Å²) in [5.74, 6) is 0.792. The van der Waals surface area contributed by atoms with Crippen LogP contribution < -0.4 is 0 Å². The van der Waals surface area contributed by atoms with Crippen molar-refractivity contribution in [1.29, 1.82) is 0 Å². The Labute approximate surface area is 97.8 Å². The number of benzene rings is 1. The molecule has 14 heavy (non-hydrogen) atoms. The molecule has 0 aliphatic rings. The second kappa shape index (κ2) is 5.64. The molecule has 0 aromatic heterocycles.